The van der Waals surface area contributed by atoms with Crippen LogP contribution in [0.5, 0.6) is 5.19 Å². The molecule has 3 rings (SSSR count). The summed E-state index contributed by atoms with van der Waals surface area (Å²) in [6, 6.07) is 0. The SMILES string of the molecule is Cc1noc(C)c1C(=O)N1CC(Oc2nccs2)C1. The van der Waals surface area contributed by atoms with Crippen LogP contribution in [-0.4, -0.2) is 40.1 Å². The highest BCUT2D eigenvalue weighted by molar-refractivity contribution is 7.11. The molecule has 2 aromatic heterocycles. The predicted octanol–water partition coefficient (Wildman–Crippen LogP) is 1.65. The summed E-state index contributed by atoms with van der Waals surface area (Å²) >= 11 is 1.45. The lowest BCUT2D eigenvalue weighted by Crippen LogP contribution is -2.56. The lowest BCUT2D eigenvalue weighted by atomic mass is 10.1. The number of amides is 1. The van der Waals surface area contributed by atoms with E-state index in [0.717, 1.165) is 0 Å². The first-order valence-electron chi connectivity index (χ1n) is 5.93. The Bertz CT molecular complexity index is 568. The van der Waals surface area contributed by atoms with Crippen molar-refractivity contribution in [1.29, 1.82) is 0 Å². The Morgan fingerprint density at radius 3 is 2.89 bits per heavy atom. The van der Waals surface area contributed by atoms with Gasteiger partial charge in [-0.15, -0.1) is 0 Å². The van der Waals surface area contributed by atoms with Crippen LogP contribution < -0.4 is 4.74 Å². The molecule has 1 aliphatic heterocycles. The van der Waals surface area contributed by atoms with E-state index in [2.05, 4.69) is 10.1 Å². The van der Waals surface area contributed by atoms with E-state index in [-0.39, 0.29) is 12.0 Å². The van der Waals surface area contributed by atoms with E-state index < -0.39 is 0 Å². The lowest BCUT2D eigenvalue weighted by molar-refractivity contribution is 0.0175. The third-order valence-corrected chi connectivity index (χ3v) is 3.72. The number of carbonyl (C=O) groups is 1. The number of ether oxygens (including phenoxy) is 1. The van der Waals surface area contributed by atoms with Gasteiger partial charge in [0.2, 0.25) is 0 Å². The summed E-state index contributed by atoms with van der Waals surface area (Å²) in [6.45, 7) is 4.66. The zero-order valence-corrected chi connectivity index (χ0v) is 11.4. The minimum atomic E-state index is -0.0461. The number of aromatic nitrogens is 2. The van der Waals surface area contributed by atoms with Crippen LogP contribution in [0, 0.1) is 13.8 Å². The molecule has 100 valence electrons. The Morgan fingerprint density at radius 2 is 2.32 bits per heavy atom. The minimum absolute atomic E-state index is 0.0237. The highest BCUT2D eigenvalue weighted by Crippen LogP contribution is 2.23. The molecule has 1 amide bonds. The fourth-order valence-corrected chi connectivity index (χ4v) is 2.59. The Morgan fingerprint density at radius 1 is 1.53 bits per heavy atom. The van der Waals surface area contributed by atoms with E-state index in [9.17, 15) is 4.79 Å². The van der Waals surface area contributed by atoms with Gasteiger partial charge in [-0.25, -0.2) is 4.98 Å². The molecule has 0 N–H and O–H groups in total. The maximum Gasteiger partial charge on any atom is 0.273 e. The zero-order chi connectivity index (χ0) is 13.4. The third kappa shape index (κ3) is 2.21. The molecule has 0 aromatic carbocycles. The second-order valence-electron chi connectivity index (χ2n) is 4.45. The van der Waals surface area contributed by atoms with Crippen molar-refractivity contribution in [3.8, 4) is 5.19 Å². The number of rotatable bonds is 3. The summed E-state index contributed by atoms with van der Waals surface area (Å²) in [4.78, 5) is 18.0. The molecule has 3 heterocycles. The van der Waals surface area contributed by atoms with Crippen molar-refractivity contribution in [3.63, 3.8) is 0 Å². The molecule has 6 nitrogen and oxygen atoms in total. The number of hydrogen-bond donors (Lipinski definition) is 0. The molecule has 0 bridgehead atoms. The lowest BCUT2D eigenvalue weighted by Gasteiger charge is -2.38. The van der Waals surface area contributed by atoms with Gasteiger partial charge in [0.1, 0.15) is 17.4 Å². The molecule has 19 heavy (non-hydrogen) atoms. The van der Waals surface area contributed by atoms with Gasteiger partial charge in [0.25, 0.3) is 11.1 Å². The molecule has 7 heteroatoms. The molecule has 0 spiro atoms. The largest absolute Gasteiger partial charge is 0.463 e. The molecule has 0 unspecified atom stereocenters. The maximum atomic E-state index is 12.2. The van der Waals surface area contributed by atoms with Crippen molar-refractivity contribution < 1.29 is 14.1 Å². The second-order valence-corrected chi connectivity index (χ2v) is 5.30. The third-order valence-electron chi connectivity index (χ3n) is 3.06. The predicted molar refractivity (Wildman–Crippen MR) is 68.4 cm³/mol. The first kappa shape index (κ1) is 12.2. The van der Waals surface area contributed by atoms with Gasteiger partial charge in [-0.1, -0.05) is 16.5 Å². The van der Waals surface area contributed by atoms with Gasteiger partial charge in [0, 0.05) is 11.6 Å². The molecular weight excluding hydrogens is 266 g/mol. The molecule has 1 fully saturated rings. The maximum absolute atomic E-state index is 12.2. The van der Waals surface area contributed by atoms with Gasteiger partial charge < -0.3 is 14.2 Å². The normalized spacial score (nSPS) is 15.4. The van der Waals surface area contributed by atoms with Gasteiger partial charge in [-0.2, -0.15) is 0 Å². The quantitative estimate of drug-likeness (QED) is 0.854. The number of aryl methyl sites for hydroxylation is 2. The summed E-state index contributed by atoms with van der Waals surface area (Å²) in [5, 5.41) is 6.31. The standard InChI is InChI=1S/C12H13N3O3S/c1-7-10(8(2)18-14-7)11(16)15-5-9(6-15)17-12-13-3-4-19-12/h3-4,9H,5-6H2,1-2H3. The Labute approximate surface area is 114 Å². The molecule has 0 aliphatic carbocycles. The van der Waals surface area contributed by atoms with Crippen LogP contribution in [0.4, 0.5) is 0 Å². The van der Waals surface area contributed by atoms with Crippen molar-refractivity contribution >= 4 is 17.2 Å². The number of thiazole rings is 1. The number of likely N-dealkylation sites (tertiary alicyclic amines) is 1. The van der Waals surface area contributed by atoms with Gasteiger partial charge in [0.05, 0.1) is 18.8 Å². The molecule has 1 aliphatic rings. The summed E-state index contributed by atoms with van der Waals surface area (Å²) in [7, 11) is 0. The minimum Gasteiger partial charge on any atom is -0.463 e. The number of carbonyl (C=O) groups excluding carboxylic acids is 1. The van der Waals surface area contributed by atoms with E-state index in [1.807, 2.05) is 5.38 Å². The van der Waals surface area contributed by atoms with E-state index in [1.165, 1.54) is 11.3 Å². The summed E-state index contributed by atoms with van der Waals surface area (Å²) in [5.74, 6) is 0.516. The van der Waals surface area contributed by atoms with E-state index in [1.54, 1.807) is 24.9 Å². The van der Waals surface area contributed by atoms with Crippen LogP contribution in [0.15, 0.2) is 16.1 Å². The fraction of sp³-hybridized carbons (Fsp3) is 0.417. The van der Waals surface area contributed by atoms with Crippen LogP contribution in [-0.2, 0) is 0 Å². The summed E-state index contributed by atoms with van der Waals surface area (Å²) in [5.41, 5.74) is 1.19. The number of hydrogen-bond acceptors (Lipinski definition) is 6. The zero-order valence-electron chi connectivity index (χ0n) is 10.6. The van der Waals surface area contributed by atoms with Crippen LogP contribution >= 0.6 is 11.3 Å². The molecule has 0 radical (unpaired) electrons. The van der Waals surface area contributed by atoms with E-state index in [4.69, 9.17) is 9.26 Å². The van der Waals surface area contributed by atoms with Crippen molar-refractivity contribution in [2.45, 2.75) is 20.0 Å². The van der Waals surface area contributed by atoms with Gasteiger partial charge >= 0.3 is 0 Å². The Hall–Kier alpha value is -1.89. The van der Waals surface area contributed by atoms with Gasteiger partial charge in [-0.3, -0.25) is 4.79 Å². The molecule has 0 saturated carbocycles. The van der Waals surface area contributed by atoms with Crippen molar-refractivity contribution in [2.75, 3.05) is 13.1 Å². The smallest absolute Gasteiger partial charge is 0.273 e. The summed E-state index contributed by atoms with van der Waals surface area (Å²) < 4.78 is 10.6. The average molecular weight is 279 g/mol. The topological polar surface area (TPSA) is 68.5 Å². The monoisotopic (exact) mass is 279 g/mol. The summed E-state index contributed by atoms with van der Waals surface area (Å²) in [6.07, 6.45) is 1.72. The van der Waals surface area contributed by atoms with Crippen LogP contribution in [0.2, 0.25) is 0 Å². The molecular formula is C12H13N3O3S. The highest BCUT2D eigenvalue weighted by atomic mass is 32.1. The van der Waals surface area contributed by atoms with Crippen LogP contribution in [0.3, 0.4) is 0 Å². The Balaban J connectivity index is 1.60. The van der Waals surface area contributed by atoms with Gasteiger partial charge in [0.15, 0.2) is 0 Å². The second kappa shape index (κ2) is 4.65. The first-order chi connectivity index (χ1) is 9.15. The van der Waals surface area contributed by atoms with Gasteiger partial charge in [-0.05, 0) is 13.8 Å². The van der Waals surface area contributed by atoms with Crippen LogP contribution in [0.25, 0.3) is 0 Å². The van der Waals surface area contributed by atoms with Crippen LogP contribution in [0.1, 0.15) is 21.8 Å². The van der Waals surface area contributed by atoms with E-state index in [0.29, 0.717) is 35.3 Å². The number of nitrogens with zero attached hydrogens (tertiary/aromatic N) is 3. The van der Waals surface area contributed by atoms with Crippen molar-refractivity contribution in [3.05, 3.63) is 28.6 Å². The van der Waals surface area contributed by atoms with Crippen molar-refractivity contribution in [1.82, 2.24) is 15.0 Å². The molecule has 1 saturated heterocycles. The molecule has 2 aromatic rings. The van der Waals surface area contributed by atoms with E-state index >= 15 is 0 Å². The Kier molecular flexibility index (Phi) is 2.98. The fourth-order valence-electron chi connectivity index (χ4n) is 2.04. The molecule has 0 atom stereocenters. The van der Waals surface area contributed by atoms with Crippen molar-refractivity contribution in [2.24, 2.45) is 0 Å². The average Bonchev–Trinajstić information content (AvgIpc) is 2.93. The first-order valence-corrected chi connectivity index (χ1v) is 6.81. The highest BCUT2D eigenvalue weighted by Gasteiger charge is 2.35.